The van der Waals surface area contributed by atoms with Crippen LogP contribution >= 0.6 is 0 Å². The van der Waals surface area contributed by atoms with Crippen LogP contribution < -0.4 is 20.7 Å². The molecule has 1 fully saturated rings. The van der Waals surface area contributed by atoms with E-state index in [0.29, 0.717) is 18.8 Å². The number of hydrogen-bond donors (Lipinski definition) is 2. The summed E-state index contributed by atoms with van der Waals surface area (Å²) in [5.41, 5.74) is 6.56. The third-order valence-corrected chi connectivity index (χ3v) is 4.31. The Kier molecular flexibility index (Phi) is 4.92. The molecule has 138 valence electrons. The molecule has 1 heterocycles. The molecule has 2 atom stereocenters. The minimum atomic E-state index is -4.78. The number of benzene rings is 2. The number of para-hydroxylation sites is 2. The van der Waals surface area contributed by atoms with Gasteiger partial charge in [-0.15, -0.1) is 13.2 Å². The highest BCUT2D eigenvalue weighted by molar-refractivity contribution is 5.72. The first kappa shape index (κ1) is 17.9. The molecular formula is C18H18F3N3O2. The molecule has 8 heteroatoms. The van der Waals surface area contributed by atoms with Crippen molar-refractivity contribution in [2.45, 2.75) is 18.3 Å². The molecular weight excluding hydrogens is 347 g/mol. The molecule has 0 radical (unpaired) electrons. The van der Waals surface area contributed by atoms with Crippen LogP contribution in [0.25, 0.3) is 0 Å². The SMILES string of the molecule is NC(=O)N[C@@H]1CN(c2ccccc2OC(F)(F)F)C[C@H]1c1ccccc1. The molecule has 0 aliphatic carbocycles. The van der Waals surface area contributed by atoms with E-state index in [1.165, 1.54) is 12.1 Å². The molecule has 0 aromatic heterocycles. The van der Waals surface area contributed by atoms with E-state index in [9.17, 15) is 18.0 Å². The predicted octanol–water partition coefficient (Wildman–Crippen LogP) is 3.23. The summed E-state index contributed by atoms with van der Waals surface area (Å²) >= 11 is 0. The van der Waals surface area contributed by atoms with E-state index in [1.807, 2.05) is 30.3 Å². The first-order valence-electron chi connectivity index (χ1n) is 8.04. The van der Waals surface area contributed by atoms with Crippen LogP contribution in [0.15, 0.2) is 54.6 Å². The van der Waals surface area contributed by atoms with Crippen molar-refractivity contribution in [3.63, 3.8) is 0 Å². The van der Waals surface area contributed by atoms with E-state index in [-0.39, 0.29) is 17.7 Å². The van der Waals surface area contributed by atoms with Crippen LogP contribution in [0.4, 0.5) is 23.7 Å². The second kappa shape index (κ2) is 7.15. The van der Waals surface area contributed by atoms with Gasteiger partial charge in [0.2, 0.25) is 0 Å². The lowest BCUT2D eigenvalue weighted by molar-refractivity contribution is -0.274. The lowest BCUT2D eigenvalue weighted by Gasteiger charge is -2.22. The molecule has 0 bridgehead atoms. The maximum atomic E-state index is 12.7. The average molecular weight is 365 g/mol. The van der Waals surface area contributed by atoms with Gasteiger partial charge in [0.05, 0.1) is 11.7 Å². The maximum Gasteiger partial charge on any atom is 0.573 e. The Hall–Kier alpha value is -2.90. The number of nitrogens with two attached hydrogens (primary N) is 1. The van der Waals surface area contributed by atoms with Gasteiger partial charge in [-0.2, -0.15) is 0 Å². The summed E-state index contributed by atoms with van der Waals surface area (Å²) in [6.45, 7) is 0.744. The van der Waals surface area contributed by atoms with E-state index in [2.05, 4.69) is 10.1 Å². The second-order valence-electron chi connectivity index (χ2n) is 6.05. The van der Waals surface area contributed by atoms with Crippen LogP contribution in [0, 0.1) is 0 Å². The normalized spacial score (nSPS) is 20.0. The summed E-state index contributed by atoms with van der Waals surface area (Å²) in [6.07, 6.45) is -4.78. The number of carbonyl (C=O) groups is 1. The first-order chi connectivity index (χ1) is 12.3. The van der Waals surface area contributed by atoms with Crippen LogP contribution in [0.2, 0.25) is 0 Å². The molecule has 26 heavy (non-hydrogen) atoms. The fraction of sp³-hybridized carbons (Fsp3) is 0.278. The molecule has 0 spiro atoms. The van der Waals surface area contributed by atoms with Crippen LogP contribution in [-0.4, -0.2) is 31.5 Å². The quantitative estimate of drug-likeness (QED) is 0.874. The summed E-state index contributed by atoms with van der Waals surface area (Å²) in [4.78, 5) is 13.1. The molecule has 2 aromatic rings. The summed E-state index contributed by atoms with van der Waals surface area (Å²) in [6, 6.07) is 14.4. The summed E-state index contributed by atoms with van der Waals surface area (Å²) in [7, 11) is 0. The number of carbonyl (C=O) groups excluding carboxylic acids is 1. The van der Waals surface area contributed by atoms with Crippen molar-refractivity contribution >= 4 is 11.7 Å². The number of amides is 2. The number of anilines is 1. The molecule has 5 nitrogen and oxygen atoms in total. The molecule has 2 amide bonds. The van der Waals surface area contributed by atoms with Gasteiger partial charge in [-0.05, 0) is 17.7 Å². The lowest BCUT2D eigenvalue weighted by atomic mass is 9.94. The van der Waals surface area contributed by atoms with Gasteiger partial charge in [0.15, 0.2) is 5.75 Å². The minimum absolute atomic E-state index is 0.109. The lowest BCUT2D eigenvalue weighted by Crippen LogP contribution is -2.42. The van der Waals surface area contributed by atoms with E-state index >= 15 is 0 Å². The number of nitrogens with one attached hydrogen (secondary N) is 1. The Morgan fingerprint density at radius 3 is 2.38 bits per heavy atom. The van der Waals surface area contributed by atoms with Crippen molar-refractivity contribution < 1.29 is 22.7 Å². The van der Waals surface area contributed by atoms with Gasteiger partial charge in [-0.25, -0.2) is 4.79 Å². The van der Waals surface area contributed by atoms with Gasteiger partial charge >= 0.3 is 12.4 Å². The second-order valence-corrected chi connectivity index (χ2v) is 6.05. The molecule has 3 N–H and O–H groups in total. The van der Waals surface area contributed by atoms with Gasteiger partial charge < -0.3 is 20.7 Å². The Balaban J connectivity index is 1.89. The number of nitrogens with zero attached hydrogens (tertiary/aromatic N) is 1. The Bertz CT molecular complexity index is 768. The zero-order valence-corrected chi connectivity index (χ0v) is 13.7. The van der Waals surface area contributed by atoms with Gasteiger partial charge in [0.25, 0.3) is 0 Å². The smallest absolute Gasteiger partial charge is 0.404 e. The van der Waals surface area contributed by atoms with Crippen molar-refractivity contribution in [1.29, 1.82) is 0 Å². The van der Waals surface area contributed by atoms with Gasteiger partial charge in [0, 0.05) is 19.0 Å². The number of urea groups is 1. The zero-order valence-electron chi connectivity index (χ0n) is 13.7. The topological polar surface area (TPSA) is 67.6 Å². The van der Waals surface area contributed by atoms with Crippen LogP contribution in [0.5, 0.6) is 5.75 Å². The zero-order chi connectivity index (χ0) is 18.7. The standard InChI is InChI=1S/C18H18F3N3O2/c19-18(20,21)26-16-9-5-4-8-15(16)24-10-13(12-6-2-1-3-7-12)14(11-24)23-17(22)25/h1-9,13-14H,10-11H2,(H3,22,23,25)/t13-,14+/m0/s1. The van der Waals surface area contributed by atoms with Crippen molar-refractivity contribution in [2.75, 3.05) is 18.0 Å². The highest BCUT2D eigenvalue weighted by atomic mass is 19.4. The third-order valence-electron chi connectivity index (χ3n) is 4.31. The van der Waals surface area contributed by atoms with E-state index in [0.717, 1.165) is 5.56 Å². The Morgan fingerprint density at radius 2 is 1.73 bits per heavy atom. The molecule has 1 aliphatic rings. The number of ether oxygens (including phenoxy) is 1. The number of primary amides is 1. The highest BCUT2D eigenvalue weighted by Gasteiger charge is 2.37. The van der Waals surface area contributed by atoms with Gasteiger partial charge in [-0.3, -0.25) is 0 Å². The van der Waals surface area contributed by atoms with Crippen molar-refractivity contribution in [3.8, 4) is 5.75 Å². The van der Waals surface area contributed by atoms with Gasteiger partial charge in [0.1, 0.15) is 0 Å². The summed E-state index contributed by atoms with van der Waals surface area (Å²) in [5, 5.41) is 2.69. The predicted molar refractivity (Wildman–Crippen MR) is 91.0 cm³/mol. The van der Waals surface area contributed by atoms with E-state index < -0.39 is 12.4 Å². The van der Waals surface area contributed by atoms with E-state index in [4.69, 9.17) is 5.73 Å². The maximum absolute atomic E-state index is 12.7. The fourth-order valence-electron chi connectivity index (χ4n) is 3.30. The number of hydrogen-bond acceptors (Lipinski definition) is 3. The van der Waals surface area contributed by atoms with E-state index in [1.54, 1.807) is 17.0 Å². The summed E-state index contributed by atoms with van der Waals surface area (Å²) in [5.74, 6) is -0.380. The number of rotatable bonds is 4. The first-order valence-corrected chi connectivity index (χ1v) is 8.04. The largest absolute Gasteiger partial charge is 0.573 e. The summed E-state index contributed by atoms with van der Waals surface area (Å²) < 4.78 is 42.2. The molecule has 1 aliphatic heterocycles. The fourth-order valence-corrected chi connectivity index (χ4v) is 3.30. The molecule has 1 saturated heterocycles. The van der Waals surface area contributed by atoms with Crippen LogP contribution in [0.1, 0.15) is 11.5 Å². The monoisotopic (exact) mass is 365 g/mol. The number of alkyl halides is 3. The van der Waals surface area contributed by atoms with Crippen LogP contribution in [0.3, 0.4) is 0 Å². The average Bonchev–Trinajstić information content (AvgIpc) is 2.97. The van der Waals surface area contributed by atoms with Crippen molar-refractivity contribution in [3.05, 3.63) is 60.2 Å². The third kappa shape index (κ3) is 4.19. The molecule has 0 saturated carbocycles. The van der Waals surface area contributed by atoms with Crippen LogP contribution in [-0.2, 0) is 0 Å². The van der Waals surface area contributed by atoms with Crippen molar-refractivity contribution in [1.82, 2.24) is 5.32 Å². The Morgan fingerprint density at radius 1 is 1.08 bits per heavy atom. The Labute approximate surface area is 148 Å². The van der Waals surface area contributed by atoms with Crippen molar-refractivity contribution in [2.24, 2.45) is 5.73 Å². The molecule has 3 rings (SSSR count). The molecule has 2 aromatic carbocycles. The number of halogens is 3. The van der Waals surface area contributed by atoms with Gasteiger partial charge in [-0.1, -0.05) is 42.5 Å². The molecule has 0 unspecified atom stereocenters. The highest BCUT2D eigenvalue weighted by Crippen LogP contribution is 2.37. The minimum Gasteiger partial charge on any atom is -0.404 e.